The van der Waals surface area contributed by atoms with Crippen LogP contribution in [-0.4, -0.2) is 25.5 Å². The van der Waals surface area contributed by atoms with Crippen LogP contribution in [0.4, 0.5) is 20.2 Å². The van der Waals surface area contributed by atoms with E-state index in [4.69, 9.17) is 4.74 Å². The molecule has 0 aromatic heterocycles. The summed E-state index contributed by atoms with van der Waals surface area (Å²) in [6, 6.07) is 12.2. The van der Waals surface area contributed by atoms with Crippen molar-refractivity contribution in [2.75, 3.05) is 17.7 Å². The second kappa shape index (κ2) is 9.85. The Balaban J connectivity index is 2.19. The molecule has 0 spiro atoms. The lowest BCUT2D eigenvalue weighted by Gasteiger charge is -2.10. The number of carbonyl (C=O) groups is 2. The van der Waals surface area contributed by atoms with Crippen molar-refractivity contribution in [2.24, 2.45) is 0 Å². The van der Waals surface area contributed by atoms with Gasteiger partial charge in [-0.3, -0.25) is 9.59 Å². The van der Waals surface area contributed by atoms with E-state index in [1.165, 1.54) is 38.3 Å². The third-order valence-electron chi connectivity index (χ3n) is 3.54. The van der Waals surface area contributed by atoms with Crippen molar-refractivity contribution in [3.8, 4) is 17.6 Å². The number of nitrogens with zero attached hydrogens (tertiary/aromatic N) is 1. The van der Waals surface area contributed by atoms with Gasteiger partial charge < -0.3 is 20.1 Å². The molecule has 0 aliphatic carbocycles. The van der Waals surface area contributed by atoms with Gasteiger partial charge in [0.15, 0.2) is 11.5 Å². The Kier molecular flexibility index (Phi) is 7.26. The van der Waals surface area contributed by atoms with Gasteiger partial charge >= 0.3 is 6.61 Å². The second-order valence-corrected chi connectivity index (χ2v) is 5.67. The van der Waals surface area contributed by atoms with E-state index in [1.807, 2.05) is 0 Å². The molecule has 0 radical (unpaired) electrons. The first kappa shape index (κ1) is 21.4. The first-order valence-corrected chi connectivity index (χ1v) is 8.26. The molecule has 2 aromatic carbocycles. The van der Waals surface area contributed by atoms with Crippen LogP contribution < -0.4 is 20.1 Å². The number of nitrogens with one attached hydrogen (secondary N) is 2. The van der Waals surface area contributed by atoms with Gasteiger partial charge in [0.25, 0.3) is 5.91 Å². The number of alkyl halides is 2. The highest BCUT2D eigenvalue weighted by Gasteiger charge is 2.13. The van der Waals surface area contributed by atoms with Crippen molar-refractivity contribution in [2.45, 2.75) is 13.5 Å². The molecule has 0 bridgehead atoms. The Morgan fingerprint density at radius 2 is 1.69 bits per heavy atom. The third-order valence-corrected chi connectivity index (χ3v) is 3.54. The van der Waals surface area contributed by atoms with Gasteiger partial charge in [-0.2, -0.15) is 14.0 Å². The lowest BCUT2D eigenvalue weighted by molar-refractivity contribution is -0.114. The highest BCUT2D eigenvalue weighted by atomic mass is 19.3. The van der Waals surface area contributed by atoms with Crippen molar-refractivity contribution < 1.29 is 27.8 Å². The van der Waals surface area contributed by atoms with Crippen molar-refractivity contribution in [1.82, 2.24) is 0 Å². The summed E-state index contributed by atoms with van der Waals surface area (Å²) in [5.41, 5.74) is 1.01. The maximum absolute atomic E-state index is 12.5. The van der Waals surface area contributed by atoms with Gasteiger partial charge in [0.2, 0.25) is 5.91 Å². The van der Waals surface area contributed by atoms with Crippen LogP contribution in [0.3, 0.4) is 0 Å². The van der Waals surface area contributed by atoms with Crippen LogP contribution >= 0.6 is 0 Å². The maximum Gasteiger partial charge on any atom is 0.387 e. The normalized spacial score (nSPS) is 10.8. The van der Waals surface area contributed by atoms with E-state index in [0.29, 0.717) is 16.9 Å². The standard InChI is InChI=1S/C20H17F2N3O4/c1-12(26)24-15-4-6-16(7-5-15)25-19(27)14(11-23)9-13-3-8-17(28-2)18(10-13)29-20(21)22/h3-10,20H,1-2H3,(H,24,26)(H,25,27)/b14-9+. The Morgan fingerprint density at radius 3 is 2.21 bits per heavy atom. The first-order chi connectivity index (χ1) is 13.8. The highest BCUT2D eigenvalue weighted by molar-refractivity contribution is 6.09. The molecule has 0 fully saturated rings. The molecule has 29 heavy (non-hydrogen) atoms. The van der Waals surface area contributed by atoms with Crippen molar-refractivity contribution in [1.29, 1.82) is 5.26 Å². The summed E-state index contributed by atoms with van der Waals surface area (Å²) < 4.78 is 34.4. The van der Waals surface area contributed by atoms with Gasteiger partial charge in [0.05, 0.1) is 7.11 Å². The summed E-state index contributed by atoms with van der Waals surface area (Å²) in [5, 5.41) is 14.4. The molecular formula is C20H17F2N3O4. The van der Waals surface area contributed by atoms with Crippen LogP contribution in [0.1, 0.15) is 12.5 Å². The van der Waals surface area contributed by atoms with Crippen molar-refractivity contribution >= 4 is 29.3 Å². The van der Waals surface area contributed by atoms with Crippen molar-refractivity contribution in [3.63, 3.8) is 0 Å². The summed E-state index contributed by atoms with van der Waals surface area (Å²) in [6.45, 7) is -1.68. The number of methoxy groups -OCH3 is 1. The topological polar surface area (TPSA) is 100 Å². The largest absolute Gasteiger partial charge is 0.493 e. The number of nitriles is 1. The minimum Gasteiger partial charge on any atom is -0.493 e. The average Bonchev–Trinajstić information content (AvgIpc) is 2.67. The van der Waals surface area contributed by atoms with Gasteiger partial charge in [-0.1, -0.05) is 6.07 Å². The van der Waals surface area contributed by atoms with Crippen LogP contribution in [0.5, 0.6) is 11.5 Å². The quantitative estimate of drug-likeness (QED) is 0.543. The average molecular weight is 401 g/mol. The summed E-state index contributed by atoms with van der Waals surface area (Å²) in [6.07, 6.45) is 1.23. The molecule has 0 unspecified atom stereocenters. The molecule has 2 amide bonds. The van der Waals surface area contributed by atoms with Gasteiger partial charge in [-0.25, -0.2) is 0 Å². The smallest absolute Gasteiger partial charge is 0.387 e. The summed E-state index contributed by atoms with van der Waals surface area (Å²) >= 11 is 0. The molecular weight excluding hydrogens is 384 g/mol. The van der Waals surface area contributed by atoms with E-state index in [9.17, 15) is 23.6 Å². The number of rotatable bonds is 7. The van der Waals surface area contributed by atoms with E-state index >= 15 is 0 Å². The molecule has 0 aliphatic rings. The van der Waals surface area contributed by atoms with Gasteiger partial charge in [-0.15, -0.1) is 0 Å². The number of hydrogen-bond donors (Lipinski definition) is 2. The lowest BCUT2D eigenvalue weighted by Crippen LogP contribution is -2.13. The van der Waals surface area contributed by atoms with E-state index in [2.05, 4.69) is 15.4 Å². The molecule has 2 rings (SSSR count). The zero-order chi connectivity index (χ0) is 21.4. The Bertz CT molecular complexity index is 967. The zero-order valence-electron chi connectivity index (χ0n) is 15.5. The summed E-state index contributed by atoms with van der Waals surface area (Å²) in [4.78, 5) is 23.4. The highest BCUT2D eigenvalue weighted by Crippen LogP contribution is 2.30. The Morgan fingerprint density at radius 1 is 1.07 bits per heavy atom. The predicted molar refractivity (Wildman–Crippen MR) is 103 cm³/mol. The van der Waals surface area contributed by atoms with Crippen LogP contribution in [0.25, 0.3) is 6.08 Å². The monoisotopic (exact) mass is 401 g/mol. The molecule has 0 atom stereocenters. The minimum absolute atomic E-state index is 0.0877. The molecule has 0 aliphatic heterocycles. The van der Waals surface area contributed by atoms with E-state index in [-0.39, 0.29) is 23.0 Å². The van der Waals surface area contributed by atoms with Crippen molar-refractivity contribution in [3.05, 3.63) is 53.6 Å². The predicted octanol–water partition coefficient (Wildman–Crippen LogP) is 3.80. The molecule has 150 valence electrons. The zero-order valence-corrected chi connectivity index (χ0v) is 15.5. The van der Waals surface area contributed by atoms with E-state index in [0.717, 1.165) is 0 Å². The van der Waals surface area contributed by atoms with E-state index in [1.54, 1.807) is 30.3 Å². The van der Waals surface area contributed by atoms with Crippen LogP contribution in [0.2, 0.25) is 0 Å². The molecule has 2 aromatic rings. The second-order valence-electron chi connectivity index (χ2n) is 5.67. The van der Waals surface area contributed by atoms with Gasteiger partial charge in [-0.05, 0) is 48.0 Å². The number of ether oxygens (including phenoxy) is 2. The molecule has 7 nitrogen and oxygen atoms in total. The van der Waals surface area contributed by atoms with Gasteiger partial charge in [0, 0.05) is 18.3 Å². The fourth-order valence-corrected chi connectivity index (χ4v) is 2.32. The van der Waals surface area contributed by atoms with Crippen LogP contribution in [0.15, 0.2) is 48.0 Å². The lowest BCUT2D eigenvalue weighted by atomic mass is 10.1. The number of hydrogen-bond acceptors (Lipinski definition) is 5. The summed E-state index contributed by atoms with van der Waals surface area (Å²) in [7, 11) is 1.30. The van der Waals surface area contributed by atoms with Crippen LogP contribution in [-0.2, 0) is 9.59 Å². The number of benzene rings is 2. The minimum atomic E-state index is -3.05. The first-order valence-electron chi connectivity index (χ1n) is 8.26. The third kappa shape index (κ3) is 6.32. The Labute approximate surface area is 165 Å². The van der Waals surface area contributed by atoms with Gasteiger partial charge in [0.1, 0.15) is 11.6 Å². The SMILES string of the molecule is COc1ccc(/C=C(\C#N)C(=O)Nc2ccc(NC(C)=O)cc2)cc1OC(F)F. The fraction of sp³-hybridized carbons (Fsp3) is 0.150. The van der Waals surface area contributed by atoms with E-state index < -0.39 is 12.5 Å². The molecule has 0 saturated carbocycles. The number of anilines is 2. The molecule has 9 heteroatoms. The molecule has 0 heterocycles. The Hall–Kier alpha value is -3.93. The fourth-order valence-electron chi connectivity index (χ4n) is 2.32. The molecule has 2 N–H and O–H groups in total. The molecule has 0 saturated heterocycles. The summed E-state index contributed by atoms with van der Waals surface area (Å²) in [5.74, 6) is -1.05. The number of halogens is 2. The maximum atomic E-state index is 12.5. The number of carbonyl (C=O) groups excluding carboxylic acids is 2. The van der Waals surface area contributed by atoms with Crippen LogP contribution in [0, 0.1) is 11.3 Å². The number of amides is 2.